The molecule has 20 heavy (non-hydrogen) atoms. The molecule has 0 aliphatic carbocycles. The molecular formula is C16H16N2O2. The van der Waals surface area contributed by atoms with Gasteiger partial charge >= 0.3 is 0 Å². The first-order valence-electron chi connectivity index (χ1n) is 6.46. The highest BCUT2D eigenvalue weighted by Gasteiger charge is 2.09. The van der Waals surface area contributed by atoms with E-state index >= 15 is 0 Å². The fourth-order valence-corrected chi connectivity index (χ4v) is 1.81. The lowest BCUT2D eigenvalue weighted by Gasteiger charge is -2.04. The van der Waals surface area contributed by atoms with E-state index in [1.54, 1.807) is 24.4 Å². The maximum atomic E-state index is 11.9. The molecule has 0 saturated carbocycles. The molecule has 0 atom stereocenters. The van der Waals surface area contributed by atoms with Crippen LogP contribution in [0.15, 0.2) is 48.7 Å². The van der Waals surface area contributed by atoms with E-state index in [1.807, 2.05) is 31.2 Å². The molecule has 0 spiro atoms. The second-order valence-corrected chi connectivity index (χ2v) is 4.56. The van der Waals surface area contributed by atoms with Crippen molar-refractivity contribution in [3.63, 3.8) is 0 Å². The van der Waals surface area contributed by atoms with Crippen molar-refractivity contribution < 1.29 is 9.59 Å². The molecule has 0 bridgehead atoms. The van der Waals surface area contributed by atoms with Gasteiger partial charge in [-0.3, -0.25) is 9.59 Å². The molecule has 0 aliphatic heterocycles. The molecule has 2 rings (SSSR count). The van der Waals surface area contributed by atoms with E-state index in [2.05, 4.69) is 10.3 Å². The topological polar surface area (TPSA) is 59.1 Å². The summed E-state index contributed by atoms with van der Waals surface area (Å²) >= 11 is 0. The second kappa shape index (κ2) is 6.61. The molecule has 102 valence electrons. The van der Waals surface area contributed by atoms with Crippen LogP contribution in [0.25, 0.3) is 0 Å². The van der Waals surface area contributed by atoms with E-state index in [4.69, 9.17) is 0 Å². The second-order valence-electron chi connectivity index (χ2n) is 4.56. The first kappa shape index (κ1) is 13.9. The van der Waals surface area contributed by atoms with E-state index < -0.39 is 0 Å². The summed E-state index contributed by atoms with van der Waals surface area (Å²) in [5.41, 5.74) is 1.66. The van der Waals surface area contributed by atoms with Crippen molar-refractivity contribution in [1.82, 2.24) is 4.98 Å². The number of pyridine rings is 1. The smallest absolute Gasteiger partial charge is 0.225 e. The number of aryl methyl sites for hydroxylation is 1. The molecular weight excluding hydrogens is 252 g/mol. The zero-order valence-corrected chi connectivity index (χ0v) is 11.3. The van der Waals surface area contributed by atoms with Crippen LogP contribution in [0.5, 0.6) is 0 Å². The van der Waals surface area contributed by atoms with Gasteiger partial charge in [-0.2, -0.15) is 0 Å². The first-order chi connectivity index (χ1) is 9.65. The monoisotopic (exact) mass is 268 g/mol. The molecule has 1 heterocycles. The van der Waals surface area contributed by atoms with Crippen LogP contribution in [0.1, 0.15) is 28.8 Å². The quantitative estimate of drug-likeness (QED) is 0.848. The Labute approximate surface area is 117 Å². The van der Waals surface area contributed by atoms with Crippen LogP contribution in [0.4, 0.5) is 5.82 Å². The van der Waals surface area contributed by atoms with E-state index in [9.17, 15) is 9.59 Å². The van der Waals surface area contributed by atoms with Crippen LogP contribution in [-0.4, -0.2) is 16.7 Å². The Morgan fingerprint density at radius 3 is 2.55 bits per heavy atom. The molecule has 0 saturated heterocycles. The summed E-state index contributed by atoms with van der Waals surface area (Å²) in [5, 5.41) is 2.69. The number of nitrogens with zero attached hydrogens (tertiary/aromatic N) is 1. The molecule has 1 amide bonds. The summed E-state index contributed by atoms with van der Waals surface area (Å²) in [7, 11) is 0. The number of carbonyl (C=O) groups is 2. The highest BCUT2D eigenvalue weighted by atomic mass is 16.2. The van der Waals surface area contributed by atoms with Crippen molar-refractivity contribution in [2.75, 3.05) is 5.32 Å². The van der Waals surface area contributed by atoms with Crippen molar-refractivity contribution >= 4 is 17.5 Å². The van der Waals surface area contributed by atoms with Gasteiger partial charge in [0.25, 0.3) is 0 Å². The average molecular weight is 268 g/mol. The number of ketones is 1. The normalized spacial score (nSPS) is 10.1. The van der Waals surface area contributed by atoms with E-state index in [0.717, 1.165) is 5.56 Å². The average Bonchev–Trinajstić information content (AvgIpc) is 2.46. The highest BCUT2D eigenvalue weighted by Crippen LogP contribution is 2.08. The summed E-state index contributed by atoms with van der Waals surface area (Å²) in [6.45, 7) is 1.93. The highest BCUT2D eigenvalue weighted by molar-refractivity contribution is 5.99. The van der Waals surface area contributed by atoms with Crippen molar-refractivity contribution in [2.24, 2.45) is 0 Å². The lowest BCUT2D eigenvalue weighted by molar-refractivity contribution is -0.116. The molecule has 2 aromatic rings. The third-order valence-corrected chi connectivity index (χ3v) is 2.86. The zero-order chi connectivity index (χ0) is 14.4. The summed E-state index contributed by atoms with van der Waals surface area (Å²) < 4.78 is 0. The van der Waals surface area contributed by atoms with Gasteiger partial charge in [0.05, 0.1) is 0 Å². The summed E-state index contributed by atoms with van der Waals surface area (Å²) in [6, 6.07) is 12.6. The Morgan fingerprint density at radius 2 is 1.85 bits per heavy atom. The predicted octanol–water partition coefficient (Wildman–Crippen LogP) is 2.99. The number of benzene rings is 1. The van der Waals surface area contributed by atoms with Gasteiger partial charge in [0.2, 0.25) is 5.91 Å². The Hall–Kier alpha value is -2.49. The Morgan fingerprint density at radius 1 is 1.10 bits per heavy atom. The lowest BCUT2D eigenvalue weighted by Crippen LogP contribution is -2.14. The molecule has 4 nitrogen and oxygen atoms in total. The van der Waals surface area contributed by atoms with Gasteiger partial charge < -0.3 is 5.32 Å². The molecule has 4 heteroatoms. The van der Waals surface area contributed by atoms with E-state index in [-0.39, 0.29) is 24.5 Å². The van der Waals surface area contributed by atoms with Crippen LogP contribution >= 0.6 is 0 Å². The van der Waals surface area contributed by atoms with Gasteiger partial charge in [-0.1, -0.05) is 30.3 Å². The molecule has 0 aliphatic rings. The third-order valence-electron chi connectivity index (χ3n) is 2.86. The largest absolute Gasteiger partial charge is 0.311 e. The maximum Gasteiger partial charge on any atom is 0.225 e. The number of hydrogen-bond acceptors (Lipinski definition) is 3. The number of nitrogens with one attached hydrogen (secondary N) is 1. The van der Waals surface area contributed by atoms with Gasteiger partial charge in [0.1, 0.15) is 5.82 Å². The van der Waals surface area contributed by atoms with Crippen molar-refractivity contribution in [3.05, 3.63) is 59.8 Å². The lowest BCUT2D eigenvalue weighted by atomic mass is 10.1. The number of carbonyl (C=O) groups excluding carboxylic acids is 2. The number of amides is 1. The minimum atomic E-state index is -0.201. The Kier molecular flexibility index (Phi) is 4.60. The SMILES string of the molecule is Cc1ccnc(NC(=O)CCC(=O)c2ccccc2)c1. The summed E-state index contributed by atoms with van der Waals surface area (Å²) in [6.07, 6.45) is 1.99. The van der Waals surface area contributed by atoms with Crippen LogP contribution in [0.3, 0.4) is 0 Å². The van der Waals surface area contributed by atoms with Gasteiger partial charge in [0.15, 0.2) is 5.78 Å². The number of hydrogen-bond donors (Lipinski definition) is 1. The van der Waals surface area contributed by atoms with Gasteiger partial charge in [-0.05, 0) is 24.6 Å². The third kappa shape index (κ3) is 4.02. The van der Waals surface area contributed by atoms with Gasteiger partial charge in [-0.15, -0.1) is 0 Å². The minimum absolute atomic E-state index is 0.0297. The first-order valence-corrected chi connectivity index (χ1v) is 6.46. The van der Waals surface area contributed by atoms with Crippen molar-refractivity contribution in [3.8, 4) is 0 Å². The summed E-state index contributed by atoms with van der Waals surface area (Å²) in [5.74, 6) is 0.285. The maximum absolute atomic E-state index is 11.9. The van der Waals surface area contributed by atoms with E-state index in [1.165, 1.54) is 0 Å². The number of Topliss-reactive ketones (excluding diaryl/α,β-unsaturated/α-hetero) is 1. The van der Waals surface area contributed by atoms with Gasteiger partial charge in [0, 0.05) is 24.6 Å². The molecule has 0 fully saturated rings. The van der Waals surface area contributed by atoms with Crippen LogP contribution in [0.2, 0.25) is 0 Å². The molecule has 0 radical (unpaired) electrons. The van der Waals surface area contributed by atoms with Crippen LogP contribution in [-0.2, 0) is 4.79 Å². The fraction of sp³-hybridized carbons (Fsp3) is 0.188. The number of rotatable bonds is 5. The molecule has 1 aromatic heterocycles. The zero-order valence-electron chi connectivity index (χ0n) is 11.3. The van der Waals surface area contributed by atoms with E-state index in [0.29, 0.717) is 11.4 Å². The van der Waals surface area contributed by atoms with Crippen LogP contribution in [0, 0.1) is 6.92 Å². The molecule has 1 N–H and O–H groups in total. The Bertz CT molecular complexity index is 609. The van der Waals surface area contributed by atoms with Crippen molar-refractivity contribution in [2.45, 2.75) is 19.8 Å². The number of anilines is 1. The standard InChI is InChI=1S/C16H16N2O2/c1-12-9-10-17-15(11-12)18-16(20)8-7-14(19)13-5-3-2-4-6-13/h2-6,9-11H,7-8H2,1H3,(H,17,18,20). The Balaban J connectivity index is 1.85. The molecule has 0 unspecified atom stereocenters. The minimum Gasteiger partial charge on any atom is -0.311 e. The fourth-order valence-electron chi connectivity index (χ4n) is 1.81. The van der Waals surface area contributed by atoms with Gasteiger partial charge in [-0.25, -0.2) is 4.98 Å². The molecule has 1 aromatic carbocycles. The number of aromatic nitrogens is 1. The van der Waals surface area contributed by atoms with Crippen molar-refractivity contribution in [1.29, 1.82) is 0 Å². The van der Waals surface area contributed by atoms with Crippen LogP contribution < -0.4 is 5.32 Å². The predicted molar refractivity (Wildman–Crippen MR) is 77.6 cm³/mol. The summed E-state index contributed by atoms with van der Waals surface area (Å²) in [4.78, 5) is 27.7.